The standard InChI is InChI=1S/C26H23ClN2O4/c1-15(2)16-7-9-17(10-8-16)29-23(21-6-4-5-13-28-21)22(25(31)26(29)32)24(30)19-14-18(33-3)11-12-20(19)27/h4-15,23,30H,1-3H3/b24-22+. The van der Waals surface area contributed by atoms with Crippen LogP contribution < -0.4 is 9.64 Å². The number of hydrogen-bond acceptors (Lipinski definition) is 5. The Morgan fingerprint density at radius 1 is 1.09 bits per heavy atom. The van der Waals surface area contributed by atoms with Crippen LogP contribution in [0.3, 0.4) is 0 Å². The Labute approximate surface area is 197 Å². The number of benzene rings is 2. The molecule has 1 aliphatic heterocycles. The second kappa shape index (κ2) is 9.08. The lowest BCUT2D eigenvalue weighted by Gasteiger charge is -2.25. The van der Waals surface area contributed by atoms with Gasteiger partial charge in [0, 0.05) is 17.4 Å². The molecular weight excluding hydrogens is 440 g/mol. The molecule has 1 N–H and O–H groups in total. The molecule has 2 aromatic carbocycles. The first-order valence-electron chi connectivity index (χ1n) is 10.5. The number of ketones is 1. The van der Waals surface area contributed by atoms with Crippen LogP contribution in [0.5, 0.6) is 5.75 Å². The van der Waals surface area contributed by atoms with E-state index >= 15 is 0 Å². The van der Waals surface area contributed by atoms with Crippen LogP contribution in [0.25, 0.3) is 5.76 Å². The van der Waals surface area contributed by atoms with Crippen LogP contribution >= 0.6 is 11.6 Å². The number of aromatic nitrogens is 1. The highest BCUT2D eigenvalue weighted by Crippen LogP contribution is 2.42. The van der Waals surface area contributed by atoms with Gasteiger partial charge in [-0.25, -0.2) is 0 Å². The van der Waals surface area contributed by atoms with Gasteiger partial charge >= 0.3 is 0 Å². The number of carbonyl (C=O) groups is 2. The average Bonchev–Trinajstić information content (AvgIpc) is 3.10. The number of nitrogens with zero attached hydrogens (tertiary/aromatic N) is 2. The zero-order chi connectivity index (χ0) is 23.7. The molecule has 0 saturated carbocycles. The van der Waals surface area contributed by atoms with Gasteiger partial charge in [-0.3, -0.25) is 19.5 Å². The zero-order valence-electron chi connectivity index (χ0n) is 18.4. The highest BCUT2D eigenvalue weighted by molar-refractivity contribution is 6.52. The van der Waals surface area contributed by atoms with Crippen molar-refractivity contribution in [2.24, 2.45) is 0 Å². The summed E-state index contributed by atoms with van der Waals surface area (Å²) in [4.78, 5) is 32.2. The first kappa shape index (κ1) is 22.6. The van der Waals surface area contributed by atoms with Gasteiger partial charge in [0.15, 0.2) is 0 Å². The molecule has 1 aliphatic rings. The molecule has 7 heteroatoms. The van der Waals surface area contributed by atoms with Crippen LogP contribution in [0.1, 0.15) is 42.6 Å². The summed E-state index contributed by atoms with van der Waals surface area (Å²) in [5, 5.41) is 11.5. The number of anilines is 1. The number of hydrogen-bond donors (Lipinski definition) is 1. The van der Waals surface area contributed by atoms with Gasteiger partial charge in [-0.2, -0.15) is 0 Å². The SMILES string of the molecule is COc1ccc(Cl)c(/C(O)=C2\C(=O)C(=O)N(c3ccc(C(C)C)cc3)C2c2ccccn2)c1. The van der Waals surface area contributed by atoms with E-state index in [2.05, 4.69) is 18.8 Å². The number of aliphatic hydroxyl groups is 1. The number of carbonyl (C=O) groups excluding carboxylic acids is 2. The fourth-order valence-electron chi connectivity index (χ4n) is 3.89. The third-order valence-electron chi connectivity index (χ3n) is 5.68. The van der Waals surface area contributed by atoms with E-state index in [0.717, 1.165) is 5.56 Å². The van der Waals surface area contributed by atoms with E-state index in [1.807, 2.05) is 12.1 Å². The lowest BCUT2D eigenvalue weighted by Crippen LogP contribution is -2.29. The quantitative estimate of drug-likeness (QED) is 0.308. The number of rotatable bonds is 5. The lowest BCUT2D eigenvalue weighted by atomic mass is 9.97. The fraction of sp³-hybridized carbons (Fsp3) is 0.192. The molecule has 1 unspecified atom stereocenters. The van der Waals surface area contributed by atoms with E-state index in [9.17, 15) is 14.7 Å². The van der Waals surface area contributed by atoms with Gasteiger partial charge in [0.2, 0.25) is 0 Å². The van der Waals surface area contributed by atoms with Gasteiger partial charge < -0.3 is 9.84 Å². The van der Waals surface area contributed by atoms with Crippen LogP contribution in [0.4, 0.5) is 5.69 Å². The summed E-state index contributed by atoms with van der Waals surface area (Å²) >= 11 is 6.33. The summed E-state index contributed by atoms with van der Waals surface area (Å²) in [5.74, 6) is -1.17. The van der Waals surface area contributed by atoms with E-state index in [1.165, 1.54) is 18.1 Å². The maximum atomic E-state index is 13.2. The third kappa shape index (κ3) is 4.10. The number of ether oxygens (including phenoxy) is 1. The van der Waals surface area contributed by atoms with E-state index in [-0.39, 0.29) is 21.9 Å². The highest BCUT2D eigenvalue weighted by atomic mass is 35.5. The Kier molecular flexibility index (Phi) is 6.20. The molecule has 0 spiro atoms. The smallest absolute Gasteiger partial charge is 0.300 e. The van der Waals surface area contributed by atoms with Crippen LogP contribution in [0.2, 0.25) is 5.02 Å². The fourth-order valence-corrected chi connectivity index (χ4v) is 4.10. The molecular formula is C26H23ClN2O4. The Morgan fingerprint density at radius 2 is 1.82 bits per heavy atom. The molecule has 2 heterocycles. The molecule has 1 atom stereocenters. The molecule has 1 aromatic heterocycles. The van der Waals surface area contributed by atoms with E-state index in [4.69, 9.17) is 16.3 Å². The van der Waals surface area contributed by atoms with Gasteiger partial charge in [0.1, 0.15) is 17.6 Å². The second-order valence-electron chi connectivity index (χ2n) is 8.02. The predicted octanol–water partition coefficient (Wildman–Crippen LogP) is 5.49. The molecule has 168 valence electrons. The monoisotopic (exact) mass is 462 g/mol. The second-order valence-corrected chi connectivity index (χ2v) is 8.42. The Hall–Kier alpha value is -3.64. The highest BCUT2D eigenvalue weighted by Gasteiger charge is 2.47. The largest absolute Gasteiger partial charge is 0.507 e. The van der Waals surface area contributed by atoms with Gasteiger partial charge in [0.25, 0.3) is 11.7 Å². The first-order chi connectivity index (χ1) is 15.8. The minimum absolute atomic E-state index is 0.0817. The number of methoxy groups -OCH3 is 1. The molecule has 1 fully saturated rings. The lowest BCUT2D eigenvalue weighted by molar-refractivity contribution is -0.132. The van der Waals surface area contributed by atoms with Crippen molar-refractivity contribution < 1.29 is 19.4 Å². The summed E-state index contributed by atoms with van der Waals surface area (Å²) in [6.45, 7) is 4.15. The Balaban J connectivity index is 1.92. The molecule has 33 heavy (non-hydrogen) atoms. The van der Waals surface area contributed by atoms with Crippen LogP contribution in [0.15, 0.2) is 72.4 Å². The maximum Gasteiger partial charge on any atom is 0.300 e. The Bertz CT molecular complexity index is 1240. The molecule has 1 amide bonds. The van der Waals surface area contributed by atoms with Crippen molar-refractivity contribution in [1.82, 2.24) is 4.98 Å². The van der Waals surface area contributed by atoms with Gasteiger partial charge in [-0.05, 0) is 53.9 Å². The van der Waals surface area contributed by atoms with Crippen molar-refractivity contribution >= 4 is 34.7 Å². The minimum Gasteiger partial charge on any atom is -0.507 e. The first-order valence-corrected chi connectivity index (χ1v) is 10.9. The van der Waals surface area contributed by atoms with E-state index in [1.54, 1.807) is 48.7 Å². The molecule has 3 aromatic rings. The van der Waals surface area contributed by atoms with Gasteiger partial charge in [-0.1, -0.05) is 43.6 Å². The average molecular weight is 463 g/mol. The molecule has 0 aliphatic carbocycles. The van der Waals surface area contributed by atoms with Crippen molar-refractivity contribution in [3.8, 4) is 5.75 Å². The van der Waals surface area contributed by atoms with Crippen molar-refractivity contribution in [3.63, 3.8) is 0 Å². The summed E-state index contributed by atoms with van der Waals surface area (Å²) in [7, 11) is 1.49. The van der Waals surface area contributed by atoms with Crippen molar-refractivity contribution in [2.75, 3.05) is 12.0 Å². The third-order valence-corrected chi connectivity index (χ3v) is 6.01. The van der Waals surface area contributed by atoms with Crippen molar-refractivity contribution in [2.45, 2.75) is 25.8 Å². The topological polar surface area (TPSA) is 79.7 Å². The van der Waals surface area contributed by atoms with Gasteiger partial charge in [0.05, 0.1) is 23.4 Å². The molecule has 4 rings (SSSR count). The normalized spacial score (nSPS) is 17.6. The summed E-state index contributed by atoms with van der Waals surface area (Å²) in [5.41, 5.74) is 2.21. The Morgan fingerprint density at radius 3 is 2.42 bits per heavy atom. The molecule has 0 radical (unpaired) electrons. The van der Waals surface area contributed by atoms with Crippen LogP contribution in [-0.2, 0) is 9.59 Å². The molecule has 1 saturated heterocycles. The van der Waals surface area contributed by atoms with E-state index < -0.39 is 17.7 Å². The molecule has 0 bridgehead atoms. The van der Waals surface area contributed by atoms with Crippen molar-refractivity contribution in [3.05, 3.63) is 94.3 Å². The minimum atomic E-state index is -0.918. The predicted molar refractivity (Wildman–Crippen MR) is 128 cm³/mol. The zero-order valence-corrected chi connectivity index (χ0v) is 19.2. The number of pyridine rings is 1. The number of halogens is 1. The van der Waals surface area contributed by atoms with Crippen LogP contribution in [-0.4, -0.2) is 28.9 Å². The number of amides is 1. The number of aliphatic hydroxyl groups excluding tert-OH is 1. The van der Waals surface area contributed by atoms with E-state index in [0.29, 0.717) is 23.0 Å². The summed E-state index contributed by atoms with van der Waals surface area (Å²) in [6, 6.07) is 16.5. The number of Topliss-reactive ketones (excluding diaryl/α,β-unsaturated/α-hetero) is 1. The summed E-state index contributed by atoms with van der Waals surface area (Å²) < 4.78 is 5.24. The van der Waals surface area contributed by atoms with Crippen molar-refractivity contribution in [1.29, 1.82) is 0 Å². The maximum absolute atomic E-state index is 13.2. The van der Waals surface area contributed by atoms with Gasteiger partial charge in [-0.15, -0.1) is 0 Å². The molecule has 6 nitrogen and oxygen atoms in total. The van der Waals surface area contributed by atoms with Crippen LogP contribution in [0, 0.1) is 0 Å². The summed E-state index contributed by atoms with van der Waals surface area (Å²) in [6.07, 6.45) is 1.58.